The lowest BCUT2D eigenvalue weighted by atomic mass is 10.1. The number of halogens is 1. The molecule has 0 radical (unpaired) electrons. The lowest BCUT2D eigenvalue weighted by Gasteiger charge is -2.22. The van der Waals surface area contributed by atoms with Gasteiger partial charge in [0.05, 0.1) is 16.5 Å². The second kappa shape index (κ2) is 8.84. The van der Waals surface area contributed by atoms with Crippen molar-refractivity contribution in [2.24, 2.45) is 0 Å². The number of carbonyl (C=O) groups excluding carboxylic acids is 1. The van der Waals surface area contributed by atoms with Crippen molar-refractivity contribution in [2.45, 2.75) is 24.8 Å². The molecule has 136 valence electrons. The minimum Gasteiger partial charge on any atom is -0.337 e. The zero-order chi connectivity index (χ0) is 19.2. The molecule has 0 N–H and O–H groups in total. The van der Waals surface area contributed by atoms with Gasteiger partial charge in [-0.3, -0.25) is 4.79 Å². The number of nitrogens with zero attached hydrogens (tertiary/aromatic N) is 2. The topological polar surface area (TPSA) is 78.2 Å². The van der Waals surface area contributed by atoms with Gasteiger partial charge in [0.25, 0.3) is 0 Å². The van der Waals surface area contributed by atoms with Crippen LogP contribution in [-0.4, -0.2) is 31.5 Å². The highest BCUT2D eigenvalue weighted by molar-refractivity contribution is 7.92. The third kappa shape index (κ3) is 5.32. The van der Waals surface area contributed by atoms with E-state index in [1.54, 1.807) is 24.3 Å². The van der Waals surface area contributed by atoms with E-state index in [2.05, 4.69) is 0 Å². The first-order valence-electron chi connectivity index (χ1n) is 8.11. The van der Waals surface area contributed by atoms with E-state index in [9.17, 15) is 13.2 Å². The molecule has 0 saturated heterocycles. The molecule has 2 aromatic carbocycles. The van der Waals surface area contributed by atoms with Crippen molar-refractivity contribution < 1.29 is 13.2 Å². The van der Waals surface area contributed by atoms with Crippen LogP contribution in [-0.2, 0) is 21.2 Å². The standard InChI is InChI=1S/C19H19ClN2O3S/c1-2-11-22(13-16-5-3-15(12-21)4-6-16)19(23)14-26(24,25)18-9-7-17(20)8-10-18/h3-10H,2,11,13-14H2,1H3. The van der Waals surface area contributed by atoms with Gasteiger partial charge in [-0.15, -0.1) is 0 Å². The maximum absolute atomic E-state index is 12.6. The molecule has 0 saturated carbocycles. The van der Waals surface area contributed by atoms with Gasteiger partial charge in [-0.25, -0.2) is 8.42 Å². The summed E-state index contributed by atoms with van der Waals surface area (Å²) in [6, 6.07) is 14.7. The zero-order valence-electron chi connectivity index (χ0n) is 14.4. The SMILES string of the molecule is CCCN(Cc1ccc(C#N)cc1)C(=O)CS(=O)(=O)c1ccc(Cl)cc1. The summed E-state index contributed by atoms with van der Waals surface area (Å²) in [5.41, 5.74) is 1.38. The van der Waals surface area contributed by atoms with Gasteiger partial charge in [-0.05, 0) is 48.4 Å². The third-order valence-corrected chi connectivity index (χ3v) is 5.66. The van der Waals surface area contributed by atoms with Gasteiger partial charge < -0.3 is 4.90 Å². The molecular formula is C19H19ClN2O3S. The van der Waals surface area contributed by atoms with Crippen molar-refractivity contribution in [1.29, 1.82) is 5.26 Å². The summed E-state index contributed by atoms with van der Waals surface area (Å²) in [5.74, 6) is -1.04. The molecule has 0 aliphatic rings. The summed E-state index contributed by atoms with van der Waals surface area (Å²) in [6.45, 7) is 2.68. The molecule has 0 unspecified atom stereocenters. The predicted octanol–water partition coefficient (Wildman–Crippen LogP) is 3.42. The molecule has 5 nitrogen and oxygen atoms in total. The minimum absolute atomic E-state index is 0.0741. The van der Waals surface area contributed by atoms with Crippen LogP contribution in [0.4, 0.5) is 0 Å². The number of hydrogen-bond acceptors (Lipinski definition) is 4. The molecule has 0 heterocycles. The van der Waals surface area contributed by atoms with Gasteiger partial charge >= 0.3 is 0 Å². The van der Waals surface area contributed by atoms with E-state index < -0.39 is 21.5 Å². The van der Waals surface area contributed by atoms with Crippen molar-refractivity contribution >= 4 is 27.3 Å². The molecule has 0 aliphatic carbocycles. The van der Waals surface area contributed by atoms with Gasteiger partial charge in [0.1, 0.15) is 5.75 Å². The second-order valence-corrected chi connectivity index (χ2v) is 8.26. The number of carbonyl (C=O) groups is 1. The maximum Gasteiger partial charge on any atom is 0.238 e. The van der Waals surface area contributed by atoms with Crippen LogP contribution in [0.1, 0.15) is 24.5 Å². The first kappa shape index (κ1) is 20.0. The van der Waals surface area contributed by atoms with Crippen LogP contribution in [0.25, 0.3) is 0 Å². The number of hydrogen-bond donors (Lipinski definition) is 0. The fraction of sp³-hybridized carbons (Fsp3) is 0.263. The fourth-order valence-corrected chi connectivity index (χ4v) is 3.80. The van der Waals surface area contributed by atoms with E-state index in [4.69, 9.17) is 16.9 Å². The highest BCUT2D eigenvalue weighted by Gasteiger charge is 2.23. The van der Waals surface area contributed by atoms with Crippen molar-refractivity contribution in [3.05, 3.63) is 64.7 Å². The number of benzene rings is 2. The lowest BCUT2D eigenvalue weighted by Crippen LogP contribution is -2.36. The Morgan fingerprint density at radius 2 is 1.73 bits per heavy atom. The number of sulfone groups is 1. The quantitative estimate of drug-likeness (QED) is 0.725. The Labute approximate surface area is 158 Å². The summed E-state index contributed by atoms with van der Waals surface area (Å²) in [5, 5.41) is 9.28. The second-order valence-electron chi connectivity index (χ2n) is 5.84. The highest BCUT2D eigenvalue weighted by Crippen LogP contribution is 2.17. The Hall–Kier alpha value is -2.36. The third-order valence-electron chi connectivity index (χ3n) is 3.79. The molecule has 1 amide bonds. The van der Waals surface area contributed by atoms with Crippen molar-refractivity contribution in [3.8, 4) is 6.07 Å². The number of amides is 1. The Morgan fingerprint density at radius 3 is 2.27 bits per heavy atom. The minimum atomic E-state index is -3.74. The molecule has 2 rings (SSSR count). The molecule has 0 atom stereocenters. The molecule has 0 bridgehead atoms. The normalized spacial score (nSPS) is 11.0. The van der Waals surface area contributed by atoms with Gasteiger partial charge in [0.15, 0.2) is 9.84 Å². The van der Waals surface area contributed by atoms with E-state index in [-0.39, 0.29) is 4.90 Å². The first-order chi connectivity index (χ1) is 12.4. The van der Waals surface area contributed by atoms with Gasteiger partial charge in [-0.1, -0.05) is 30.7 Å². The first-order valence-corrected chi connectivity index (χ1v) is 10.1. The average Bonchev–Trinajstić information content (AvgIpc) is 2.62. The van der Waals surface area contributed by atoms with Crippen molar-refractivity contribution in [1.82, 2.24) is 4.90 Å². The van der Waals surface area contributed by atoms with Crippen molar-refractivity contribution in [3.63, 3.8) is 0 Å². The summed E-state index contributed by atoms with van der Waals surface area (Å²) in [7, 11) is -3.74. The van der Waals surface area contributed by atoms with Crippen LogP contribution in [0.5, 0.6) is 0 Å². The van der Waals surface area contributed by atoms with Gasteiger partial charge in [0, 0.05) is 18.1 Å². The lowest BCUT2D eigenvalue weighted by molar-refractivity contribution is -0.129. The zero-order valence-corrected chi connectivity index (χ0v) is 15.9. The summed E-state index contributed by atoms with van der Waals surface area (Å²) in [6.07, 6.45) is 0.711. The van der Waals surface area contributed by atoms with E-state index in [1.165, 1.54) is 29.2 Å². The molecule has 0 aliphatic heterocycles. The molecule has 7 heteroatoms. The van der Waals surface area contributed by atoms with Crippen LogP contribution in [0.3, 0.4) is 0 Å². The van der Waals surface area contributed by atoms with Crippen LogP contribution in [0.2, 0.25) is 5.02 Å². The van der Waals surface area contributed by atoms with Crippen molar-refractivity contribution in [2.75, 3.05) is 12.3 Å². The predicted molar refractivity (Wildman–Crippen MR) is 100 cm³/mol. The van der Waals surface area contributed by atoms with E-state index >= 15 is 0 Å². The smallest absolute Gasteiger partial charge is 0.238 e. The monoisotopic (exact) mass is 390 g/mol. The Kier molecular flexibility index (Phi) is 6.78. The number of nitriles is 1. The Bertz CT molecular complexity index is 901. The molecular weight excluding hydrogens is 372 g/mol. The molecule has 26 heavy (non-hydrogen) atoms. The van der Waals surface area contributed by atoms with Crippen LogP contribution >= 0.6 is 11.6 Å². The van der Waals surface area contributed by atoms with Crippen LogP contribution in [0, 0.1) is 11.3 Å². The molecule has 0 aromatic heterocycles. The van der Waals surface area contributed by atoms with E-state index in [1.807, 2.05) is 13.0 Å². The van der Waals surface area contributed by atoms with Gasteiger partial charge in [0.2, 0.25) is 5.91 Å². The van der Waals surface area contributed by atoms with Crippen LogP contribution < -0.4 is 0 Å². The largest absolute Gasteiger partial charge is 0.337 e. The number of rotatable bonds is 7. The molecule has 0 spiro atoms. The maximum atomic E-state index is 12.6. The van der Waals surface area contributed by atoms with Gasteiger partial charge in [-0.2, -0.15) is 5.26 Å². The summed E-state index contributed by atoms with van der Waals surface area (Å²) in [4.78, 5) is 14.2. The molecule has 0 fully saturated rings. The average molecular weight is 391 g/mol. The Balaban J connectivity index is 2.14. The van der Waals surface area contributed by atoms with E-state index in [0.29, 0.717) is 30.1 Å². The Morgan fingerprint density at radius 1 is 1.12 bits per heavy atom. The van der Waals surface area contributed by atoms with E-state index in [0.717, 1.165) is 5.56 Å². The summed E-state index contributed by atoms with van der Waals surface area (Å²) >= 11 is 5.78. The molecule has 2 aromatic rings. The highest BCUT2D eigenvalue weighted by atomic mass is 35.5. The summed E-state index contributed by atoms with van der Waals surface area (Å²) < 4.78 is 24.9. The van der Waals surface area contributed by atoms with Crippen LogP contribution in [0.15, 0.2) is 53.4 Å². The fourth-order valence-electron chi connectivity index (χ4n) is 2.45.